The van der Waals surface area contributed by atoms with Gasteiger partial charge in [0.05, 0.1) is 4.90 Å². The lowest BCUT2D eigenvalue weighted by Gasteiger charge is -2.12. The van der Waals surface area contributed by atoms with Crippen LogP contribution in [0.5, 0.6) is 0 Å². The number of hydrogen-bond donors (Lipinski definition) is 2. The number of rotatable bonds is 10. The van der Waals surface area contributed by atoms with Gasteiger partial charge in [0.25, 0.3) is 5.91 Å². The quantitative estimate of drug-likeness (QED) is 0.611. The Bertz CT molecular complexity index is 852. The number of nitrogens with one attached hydrogen (secondary N) is 2. The molecule has 27 heavy (non-hydrogen) atoms. The van der Waals surface area contributed by atoms with Crippen LogP contribution in [0.4, 0.5) is 0 Å². The van der Waals surface area contributed by atoms with Crippen LogP contribution in [-0.2, 0) is 21.3 Å². The van der Waals surface area contributed by atoms with Crippen LogP contribution < -0.4 is 10.0 Å². The largest absolute Gasteiger partial charge is 0.382 e. The predicted molar refractivity (Wildman–Crippen MR) is 105 cm³/mol. The van der Waals surface area contributed by atoms with E-state index in [9.17, 15) is 13.2 Å². The molecule has 0 atom stereocenters. The van der Waals surface area contributed by atoms with Crippen molar-refractivity contribution in [2.75, 3.05) is 19.8 Å². The molecule has 0 saturated heterocycles. The standard InChI is InChI=1S/C20H26N2O4S/c1-3-26-13-7-12-21-20(23)18-11-10-16(2)19(14-18)27(24,25)22-15-17-8-5-4-6-9-17/h4-6,8-11,14,22H,3,7,12-13,15H2,1-2H3,(H,21,23). The fourth-order valence-electron chi connectivity index (χ4n) is 2.51. The first-order chi connectivity index (χ1) is 12.9. The van der Waals surface area contributed by atoms with Crippen molar-refractivity contribution in [2.45, 2.75) is 31.7 Å². The van der Waals surface area contributed by atoms with Gasteiger partial charge >= 0.3 is 0 Å². The Morgan fingerprint density at radius 1 is 1.11 bits per heavy atom. The van der Waals surface area contributed by atoms with E-state index >= 15 is 0 Å². The topological polar surface area (TPSA) is 84.5 Å². The van der Waals surface area contributed by atoms with Gasteiger partial charge in [-0.1, -0.05) is 36.4 Å². The van der Waals surface area contributed by atoms with Gasteiger partial charge in [-0.15, -0.1) is 0 Å². The maximum atomic E-state index is 12.7. The number of benzene rings is 2. The van der Waals surface area contributed by atoms with E-state index in [1.54, 1.807) is 19.1 Å². The first kappa shape index (κ1) is 21.1. The van der Waals surface area contributed by atoms with Crippen molar-refractivity contribution in [3.05, 3.63) is 65.2 Å². The van der Waals surface area contributed by atoms with E-state index in [2.05, 4.69) is 10.0 Å². The number of ether oxygens (including phenoxy) is 1. The molecule has 0 spiro atoms. The Morgan fingerprint density at radius 2 is 1.85 bits per heavy atom. The number of carbonyl (C=O) groups is 1. The molecular formula is C20H26N2O4S. The van der Waals surface area contributed by atoms with Crippen LogP contribution in [0.25, 0.3) is 0 Å². The maximum Gasteiger partial charge on any atom is 0.251 e. The molecule has 1 amide bonds. The molecule has 2 aromatic rings. The summed E-state index contributed by atoms with van der Waals surface area (Å²) in [7, 11) is -3.73. The number of aryl methyl sites for hydroxylation is 1. The Labute approximate surface area is 161 Å². The zero-order chi connectivity index (χ0) is 19.7. The summed E-state index contributed by atoms with van der Waals surface area (Å²) in [6.07, 6.45) is 0.704. The van der Waals surface area contributed by atoms with Crippen LogP contribution in [-0.4, -0.2) is 34.1 Å². The molecule has 2 aromatic carbocycles. The molecule has 0 aliphatic carbocycles. The van der Waals surface area contributed by atoms with Gasteiger partial charge in [-0.3, -0.25) is 4.79 Å². The van der Waals surface area contributed by atoms with E-state index in [0.29, 0.717) is 37.3 Å². The molecule has 6 nitrogen and oxygen atoms in total. The summed E-state index contributed by atoms with van der Waals surface area (Å²) in [5.41, 5.74) is 1.77. The summed E-state index contributed by atoms with van der Waals surface area (Å²) in [6, 6.07) is 14.0. The van der Waals surface area contributed by atoms with E-state index in [-0.39, 0.29) is 17.3 Å². The van der Waals surface area contributed by atoms with Crippen LogP contribution in [0, 0.1) is 6.92 Å². The molecule has 7 heteroatoms. The van der Waals surface area contributed by atoms with Crippen molar-refractivity contribution < 1.29 is 17.9 Å². The Balaban J connectivity index is 2.05. The van der Waals surface area contributed by atoms with Crippen molar-refractivity contribution in [1.82, 2.24) is 10.0 Å². The lowest BCUT2D eigenvalue weighted by Crippen LogP contribution is -2.27. The Morgan fingerprint density at radius 3 is 2.56 bits per heavy atom. The summed E-state index contributed by atoms with van der Waals surface area (Å²) < 4.78 is 33.2. The van der Waals surface area contributed by atoms with Crippen molar-refractivity contribution >= 4 is 15.9 Å². The van der Waals surface area contributed by atoms with Gasteiger partial charge in [-0.2, -0.15) is 0 Å². The second-order valence-corrected chi connectivity index (χ2v) is 7.83. The summed E-state index contributed by atoms with van der Waals surface area (Å²) >= 11 is 0. The second-order valence-electron chi connectivity index (χ2n) is 6.10. The van der Waals surface area contributed by atoms with Crippen molar-refractivity contribution in [1.29, 1.82) is 0 Å². The van der Waals surface area contributed by atoms with E-state index < -0.39 is 10.0 Å². The molecule has 0 radical (unpaired) electrons. The lowest BCUT2D eigenvalue weighted by atomic mass is 10.1. The molecule has 0 unspecified atom stereocenters. The monoisotopic (exact) mass is 390 g/mol. The third-order valence-corrected chi connectivity index (χ3v) is 5.55. The minimum absolute atomic E-state index is 0.111. The highest BCUT2D eigenvalue weighted by Gasteiger charge is 2.19. The normalized spacial score (nSPS) is 11.3. The molecule has 0 bridgehead atoms. The number of carbonyl (C=O) groups excluding carboxylic acids is 1. The fraction of sp³-hybridized carbons (Fsp3) is 0.350. The summed E-state index contributed by atoms with van der Waals surface area (Å²) in [4.78, 5) is 12.4. The number of sulfonamides is 1. The van der Waals surface area contributed by atoms with E-state index in [1.165, 1.54) is 6.07 Å². The van der Waals surface area contributed by atoms with Crippen LogP contribution in [0.1, 0.15) is 34.8 Å². The van der Waals surface area contributed by atoms with E-state index in [4.69, 9.17) is 4.74 Å². The highest BCUT2D eigenvalue weighted by molar-refractivity contribution is 7.89. The van der Waals surface area contributed by atoms with Crippen LogP contribution in [0.15, 0.2) is 53.4 Å². The summed E-state index contributed by atoms with van der Waals surface area (Å²) in [5.74, 6) is -0.300. The van der Waals surface area contributed by atoms with E-state index in [1.807, 2.05) is 37.3 Å². The van der Waals surface area contributed by atoms with Gasteiger partial charge in [0.2, 0.25) is 10.0 Å². The minimum Gasteiger partial charge on any atom is -0.382 e. The van der Waals surface area contributed by atoms with Gasteiger partial charge in [0, 0.05) is 31.9 Å². The van der Waals surface area contributed by atoms with Gasteiger partial charge in [0.1, 0.15) is 0 Å². The van der Waals surface area contributed by atoms with Gasteiger partial charge in [-0.05, 0) is 43.5 Å². The molecule has 0 saturated carbocycles. The molecule has 0 aromatic heterocycles. The van der Waals surface area contributed by atoms with Crippen molar-refractivity contribution in [2.24, 2.45) is 0 Å². The maximum absolute atomic E-state index is 12.7. The molecule has 0 fully saturated rings. The average molecular weight is 391 g/mol. The lowest BCUT2D eigenvalue weighted by molar-refractivity contribution is 0.0944. The van der Waals surface area contributed by atoms with Crippen LogP contribution >= 0.6 is 0 Å². The van der Waals surface area contributed by atoms with Crippen LogP contribution in [0.3, 0.4) is 0 Å². The summed E-state index contributed by atoms with van der Waals surface area (Å²) in [5, 5.41) is 2.78. The predicted octanol–water partition coefficient (Wildman–Crippen LogP) is 2.63. The van der Waals surface area contributed by atoms with Crippen molar-refractivity contribution in [3.8, 4) is 0 Å². The van der Waals surface area contributed by atoms with E-state index in [0.717, 1.165) is 5.56 Å². The average Bonchev–Trinajstić information content (AvgIpc) is 2.67. The highest BCUT2D eigenvalue weighted by Crippen LogP contribution is 2.17. The highest BCUT2D eigenvalue weighted by atomic mass is 32.2. The Hall–Kier alpha value is -2.22. The van der Waals surface area contributed by atoms with Gasteiger partial charge < -0.3 is 10.1 Å². The van der Waals surface area contributed by atoms with Crippen molar-refractivity contribution in [3.63, 3.8) is 0 Å². The second kappa shape index (κ2) is 10.2. The zero-order valence-corrected chi connectivity index (χ0v) is 16.5. The molecule has 0 aliphatic heterocycles. The smallest absolute Gasteiger partial charge is 0.251 e. The first-order valence-corrected chi connectivity index (χ1v) is 10.4. The van der Waals surface area contributed by atoms with Gasteiger partial charge in [-0.25, -0.2) is 13.1 Å². The fourth-order valence-corrected chi connectivity index (χ4v) is 3.79. The minimum atomic E-state index is -3.73. The Kier molecular flexibility index (Phi) is 7.97. The summed E-state index contributed by atoms with van der Waals surface area (Å²) in [6.45, 7) is 5.51. The molecule has 0 aliphatic rings. The zero-order valence-electron chi connectivity index (χ0n) is 15.7. The molecule has 0 heterocycles. The molecule has 2 rings (SSSR count). The first-order valence-electron chi connectivity index (χ1n) is 8.94. The van der Waals surface area contributed by atoms with Crippen LogP contribution in [0.2, 0.25) is 0 Å². The number of amides is 1. The molecular weight excluding hydrogens is 364 g/mol. The number of hydrogen-bond acceptors (Lipinski definition) is 4. The molecule has 2 N–H and O–H groups in total. The third kappa shape index (κ3) is 6.46. The van der Waals surface area contributed by atoms with Gasteiger partial charge in [0.15, 0.2) is 0 Å². The molecule has 146 valence electrons. The SMILES string of the molecule is CCOCCCNC(=O)c1ccc(C)c(S(=O)(=O)NCc2ccccc2)c1. The third-order valence-electron chi connectivity index (χ3n) is 4.00.